The van der Waals surface area contributed by atoms with Crippen LogP contribution in [0.5, 0.6) is 0 Å². The van der Waals surface area contributed by atoms with Crippen LogP contribution >= 0.6 is 0 Å². The molecule has 0 rings (SSSR count). The largest absolute Gasteiger partial charge is 0.345 e. The first-order chi connectivity index (χ1) is 8.26. The maximum absolute atomic E-state index is 11.6. The van der Waals surface area contributed by atoms with E-state index in [4.69, 9.17) is 9.78 Å². The zero-order chi connectivity index (χ0) is 12.9. The van der Waals surface area contributed by atoms with Crippen LogP contribution in [0.3, 0.4) is 0 Å². The number of hydrogen-bond donors (Lipinski definition) is 0. The van der Waals surface area contributed by atoms with Crippen molar-refractivity contribution in [1.29, 1.82) is 0 Å². The normalized spacial score (nSPS) is 12.4. The van der Waals surface area contributed by atoms with E-state index in [2.05, 4.69) is 13.8 Å². The summed E-state index contributed by atoms with van der Waals surface area (Å²) < 4.78 is 0. The van der Waals surface area contributed by atoms with E-state index in [0.717, 1.165) is 38.5 Å². The van der Waals surface area contributed by atoms with E-state index in [1.54, 1.807) is 0 Å². The Morgan fingerprint density at radius 2 is 1.71 bits per heavy atom. The third-order valence-corrected chi connectivity index (χ3v) is 2.95. The van der Waals surface area contributed by atoms with Gasteiger partial charge in [-0.3, -0.25) is 4.89 Å². The van der Waals surface area contributed by atoms with Crippen LogP contribution in [0.1, 0.15) is 72.1 Å². The van der Waals surface area contributed by atoms with Crippen LogP contribution in [-0.2, 0) is 14.6 Å². The van der Waals surface area contributed by atoms with Crippen molar-refractivity contribution in [3.8, 4) is 0 Å². The Morgan fingerprint density at radius 1 is 1.00 bits per heavy atom. The second-order valence-corrected chi connectivity index (χ2v) is 4.53. The average molecular weight is 244 g/mol. The van der Waals surface area contributed by atoms with E-state index >= 15 is 0 Å². The highest BCUT2D eigenvalue weighted by Gasteiger charge is 2.18. The van der Waals surface area contributed by atoms with Crippen molar-refractivity contribution >= 4 is 5.97 Å². The first-order valence-electron chi connectivity index (χ1n) is 7.09. The van der Waals surface area contributed by atoms with E-state index in [9.17, 15) is 4.79 Å². The molecule has 3 nitrogen and oxygen atoms in total. The lowest BCUT2D eigenvalue weighted by Crippen LogP contribution is -2.17. The summed E-state index contributed by atoms with van der Waals surface area (Å²) in [6.45, 7) is 6.83. The molecule has 0 aliphatic rings. The lowest BCUT2D eigenvalue weighted by molar-refractivity contribution is -0.276. The number of hydrogen-bond acceptors (Lipinski definition) is 3. The number of rotatable bonds is 11. The topological polar surface area (TPSA) is 35.5 Å². The summed E-state index contributed by atoms with van der Waals surface area (Å²) in [5.74, 6) is -0.193. The van der Waals surface area contributed by atoms with Crippen molar-refractivity contribution in [2.24, 2.45) is 5.92 Å². The summed E-state index contributed by atoms with van der Waals surface area (Å²) in [5.41, 5.74) is 0. The van der Waals surface area contributed by atoms with Crippen molar-refractivity contribution in [2.45, 2.75) is 72.1 Å². The number of unbranched alkanes of at least 4 members (excludes halogenated alkanes) is 4. The van der Waals surface area contributed by atoms with Gasteiger partial charge in [0.1, 0.15) is 0 Å². The highest BCUT2D eigenvalue weighted by atomic mass is 17.2. The molecule has 0 N–H and O–H groups in total. The van der Waals surface area contributed by atoms with Crippen LogP contribution in [0.2, 0.25) is 0 Å². The molecule has 17 heavy (non-hydrogen) atoms. The van der Waals surface area contributed by atoms with Gasteiger partial charge >= 0.3 is 5.97 Å². The molecule has 0 fully saturated rings. The lowest BCUT2D eigenvalue weighted by atomic mass is 10.00. The fourth-order valence-corrected chi connectivity index (χ4v) is 1.69. The molecule has 0 saturated heterocycles. The van der Waals surface area contributed by atoms with E-state index < -0.39 is 0 Å². The summed E-state index contributed by atoms with van der Waals surface area (Å²) in [6, 6.07) is 0. The van der Waals surface area contributed by atoms with Crippen LogP contribution in [0.15, 0.2) is 0 Å². The minimum absolute atomic E-state index is 0.00518. The first-order valence-corrected chi connectivity index (χ1v) is 7.09. The molecule has 0 aliphatic heterocycles. The van der Waals surface area contributed by atoms with Crippen LogP contribution < -0.4 is 0 Å². The fraction of sp³-hybridized carbons (Fsp3) is 0.929. The molecule has 0 spiro atoms. The van der Waals surface area contributed by atoms with Gasteiger partial charge in [-0.05, 0) is 19.3 Å². The van der Waals surface area contributed by atoms with Crippen LogP contribution in [0.4, 0.5) is 0 Å². The quantitative estimate of drug-likeness (QED) is 0.309. The van der Waals surface area contributed by atoms with Crippen LogP contribution in [0.25, 0.3) is 0 Å². The van der Waals surface area contributed by atoms with Gasteiger partial charge in [0.05, 0.1) is 12.5 Å². The molecular weight excluding hydrogens is 216 g/mol. The Labute approximate surface area is 106 Å². The van der Waals surface area contributed by atoms with Crippen molar-refractivity contribution in [3.05, 3.63) is 0 Å². The van der Waals surface area contributed by atoms with Crippen molar-refractivity contribution in [1.82, 2.24) is 0 Å². The molecule has 0 heterocycles. The monoisotopic (exact) mass is 244 g/mol. The van der Waals surface area contributed by atoms with Gasteiger partial charge in [-0.25, -0.2) is 4.79 Å². The predicted octanol–water partition coefficient (Wildman–Crippen LogP) is 4.26. The molecule has 0 radical (unpaired) electrons. The van der Waals surface area contributed by atoms with Crippen LogP contribution in [-0.4, -0.2) is 12.6 Å². The van der Waals surface area contributed by atoms with E-state index in [-0.39, 0.29) is 11.9 Å². The smallest absolute Gasteiger partial charge is 0.298 e. The van der Waals surface area contributed by atoms with Gasteiger partial charge in [-0.2, -0.15) is 4.89 Å². The molecule has 0 aromatic heterocycles. The van der Waals surface area contributed by atoms with E-state index in [0.29, 0.717) is 6.61 Å². The van der Waals surface area contributed by atoms with Gasteiger partial charge in [-0.1, -0.05) is 52.9 Å². The predicted molar refractivity (Wildman–Crippen MR) is 69.5 cm³/mol. The summed E-state index contributed by atoms with van der Waals surface area (Å²) >= 11 is 0. The first kappa shape index (κ1) is 16.4. The molecule has 0 amide bonds. The minimum atomic E-state index is -0.198. The fourth-order valence-electron chi connectivity index (χ4n) is 1.69. The van der Waals surface area contributed by atoms with Crippen molar-refractivity contribution < 1.29 is 14.6 Å². The van der Waals surface area contributed by atoms with Gasteiger partial charge in [0, 0.05) is 0 Å². The molecule has 1 unspecified atom stereocenters. The Bertz CT molecular complexity index is 180. The van der Waals surface area contributed by atoms with E-state index in [1.807, 2.05) is 6.92 Å². The molecule has 1 atom stereocenters. The second kappa shape index (κ2) is 11.9. The maximum Gasteiger partial charge on any atom is 0.345 e. The Balaban J connectivity index is 3.54. The van der Waals surface area contributed by atoms with Gasteiger partial charge in [0.15, 0.2) is 0 Å². The summed E-state index contributed by atoms with van der Waals surface area (Å²) in [6.07, 6.45) is 8.45. The molecule has 0 aliphatic carbocycles. The maximum atomic E-state index is 11.6. The van der Waals surface area contributed by atoms with Crippen molar-refractivity contribution in [3.63, 3.8) is 0 Å². The third kappa shape index (κ3) is 9.16. The standard InChI is InChI=1S/C14H28O3/c1-4-7-9-10-12-16-17-14(15)13(6-3)11-8-5-2/h13H,4-12H2,1-3H3. The van der Waals surface area contributed by atoms with Gasteiger partial charge in [0.25, 0.3) is 0 Å². The van der Waals surface area contributed by atoms with Gasteiger partial charge < -0.3 is 0 Å². The highest BCUT2D eigenvalue weighted by molar-refractivity contribution is 5.71. The Kier molecular flexibility index (Phi) is 11.5. The summed E-state index contributed by atoms with van der Waals surface area (Å²) in [4.78, 5) is 21.4. The second-order valence-electron chi connectivity index (χ2n) is 4.53. The minimum Gasteiger partial charge on any atom is -0.298 e. The number of carbonyl (C=O) groups excluding carboxylic acids is 1. The molecule has 0 aromatic carbocycles. The Morgan fingerprint density at radius 3 is 2.29 bits per heavy atom. The molecule has 102 valence electrons. The third-order valence-electron chi connectivity index (χ3n) is 2.95. The van der Waals surface area contributed by atoms with Crippen molar-refractivity contribution in [2.75, 3.05) is 6.61 Å². The number of carbonyl (C=O) groups is 1. The van der Waals surface area contributed by atoms with Crippen LogP contribution in [0, 0.1) is 5.92 Å². The lowest BCUT2D eigenvalue weighted by Gasteiger charge is -2.12. The molecule has 0 bridgehead atoms. The zero-order valence-corrected chi connectivity index (χ0v) is 11.7. The zero-order valence-electron chi connectivity index (χ0n) is 11.7. The summed E-state index contributed by atoms with van der Waals surface area (Å²) in [5, 5.41) is 0. The molecule has 0 aromatic rings. The Hall–Kier alpha value is -0.570. The van der Waals surface area contributed by atoms with E-state index in [1.165, 1.54) is 12.8 Å². The van der Waals surface area contributed by atoms with Gasteiger partial charge in [0.2, 0.25) is 0 Å². The molecular formula is C14H28O3. The SMILES string of the molecule is CCCCCCOOC(=O)C(CC)CCCC. The highest BCUT2D eigenvalue weighted by Crippen LogP contribution is 2.14. The van der Waals surface area contributed by atoms with Gasteiger partial charge in [-0.15, -0.1) is 0 Å². The molecule has 0 saturated carbocycles. The molecule has 3 heteroatoms. The summed E-state index contributed by atoms with van der Waals surface area (Å²) in [7, 11) is 0. The average Bonchev–Trinajstić information content (AvgIpc) is 2.34.